The van der Waals surface area contributed by atoms with E-state index in [2.05, 4.69) is 5.32 Å². The minimum atomic E-state index is -1.13. The summed E-state index contributed by atoms with van der Waals surface area (Å²) >= 11 is 0. The Kier molecular flexibility index (Phi) is 5.77. The molecule has 1 aliphatic rings. The van der Waals surface area contributed by atoms with Crippen molar-refractivity contribution in [2.45, 2.75) is 32.4 Å². The number of amides is 2. The third-order valence-corrected chi connectivity index (χ3v) is 6.46. The number of rotatable bonds is 5. The molecular weight excluding hydrogens is 495 g/mol. The molecule has 5 nitrogen and oxygen atoms in total. The van der Waals surface area contributed by atoms with Crippen LogP contribution >= 0.6 is 0 Å². The lowest BCUT2D eigenvalue weighted by atomic mass is 9.86. The Hall–Kier alpha value is -4.21. The molecule has 2 heterocycles. The molecule has 1 aliphatic heterocycles. The fourth-order valence-electron chi connectivity index (χ4n) is 4.47. The van der Waals surface area contributed by atoms with Crippen LogP contribution in [0, 0.1) is 29.1 Å². The normalized spacial score (nSPS) is 14.4. The number of carbonyl (C=O) groups is 2. The third kappa shape index (κ3) is 4.22. The van der Waals surface area contributed by atoms with Gasteiger partial charge in [0.1, 0.15) is 28.8 Å². The summed E-state index contributed by atoms with van der Waals surface area (Å²) in [4.78, 5) is 27.2. The van der Waals surface area contributed by atoms with Crippen LogP contribution in [-0.4, -0.2) is 11.8 Å². The van der Waals surface area contributed by atoms with E-state index >= 15 is 0 Å². The first-order valence-electron chi connectivity index (χ1n) is 11.2. The van der Waals surface area contributed by atoms with Gasteiger partial charge in [0.25, 0.3) is 5.91 Å². The van der Waals surface area contributed by atoms with Crippen molar-refractivity contribution in [3.63, 3.8) is 0 Å². The van der Waals surface area contributed by atoms with E-state index in [4.69, 9.17) is 4.42 Å². The molecule has 0 bridgehead atoms. The summed E-state index contributed by atoms with van der Waals surface area (Å²) in [5.41, 5.74) is -0.388. The van der Waals surface area contributed by atoms with Gasteiger partial charge in [-0.1, -0.05) is 6.07 Å². The van der Waals surface area contributed by atoms with Gasteiger partial charge < -0.3 is 14.6 Å². The van der Waals surface area contributed by atoms with E-state index in [1.54, 1.807) is 19.9 Å². The lowest BCUT2D eigenvalue weighted by Gasteiger charge is -2.21. The molecule has 190 valence electrons. The number of hydrogen-bond donors (Lipinski definition) is 1. The van der Waals surface area contributed by atoms with Gasteiger partial charge in [0.05, 0.1) is 18.5 Å². The van der Waals surface area contributed by atoms with Crippen LogP contribution in [0.5, 0.6) is 0 Å². The van der Waals surface area contributed by atoms with E-state index in [9.17, 15) is 31.5 Å². The molecule has 5 rings (SSSR count). The quantitative estimate of drug-likeness (QED) is 0.338. The predicted molar refractivity (Wildman–Crippen MR) is 124 cm³/mol. The fraction of sp³-hybridized carbons (Fsp3) is 0.185. The molecule has 1 aromatic heterocycles. The van der Waals surface area contributed by atoms with Crippen LogP contribution in [0.2, 0.25) is 0 Å². The maximum absolute atomic E-state index is 14.3. The Balaban J connectivity index is 1.40. The second kappa shape index (κ2) is 8.72. The molecule has 0 atom stereocenters. The summed E-state index contributed by atoms with van der Waals surface area (Å²) in [5.74, 6) is -6.14. The molecule has 3 aromatic carbocycles. The van der Waals surface area contributed by atoms with Gasteiger partial charge in [-0.25, -0.2) is 22.0 Å². The largest absolute Gasteiger partial charge is 0.459 e. The minimum absolute atomic E-state index is 0.0893. The van der Waals surface area contributed by atoms with Gasteiger partial charge in [-0.05, 0) is 43.7 Å². The van der Waals surface area contributed by atoms with E-state index in [-0.39, 0.29) is 23.5 Å². The molecule has 0 aliphatic carbocycles. The first-order valence-corrected chi connectivity index (χ1v) is 11.2. The third-order valence-electron chi connectivity index (χ3n) is 6.46. The maximum atomic E-state index is 14.3. The van der Waals surface area contributed by atoms with E-state index in [0.717, 1.165) is 17.0 Å². The van der Waals surface area contributed by atoms with Crippen LogP contribution in [0.25, 0.3) is 11.0 Å². The number of anilines is 1. The summed E-state index contributed by atoms with van der Waals surface area (Å²) in [6.07, 6.45) is 0. The number of halogens is 5. The van der Waals surface area contributed by atoms with Crippen molar-refractivity contribution in [2.24, 2.45) is 0 Å². The molecule has 0 radical (unpaired) electrons. The lowest BCUT2D eigenvalue weighted by molar-refractivity contribution is -0.122. The monoisotopic (exact) mass is 514 g/mol. The van der Waals surface area contributed by atoms with Gasteiger partial charge >= 0.3 is 0 Å². The Morgan fingerprint density at radius 3 is 2.30 bits per heavy atom. The molecule has 1 N–H and O–H groups in total. The fourth-order valence-corrected chi connectivity index (χ4v) is 4.47. The SMILES string of the molecule is CC1(C)C(=O)N(Cc2c(F)cc(F)cc2F)c2cc(C(=O)NCc3cc4cc(F)c(F)cc4o3)ccc21. The number of nitrogens with zero attached hydrogens (tertiary/aromatic N) is 1. The molecule has 0 fully saturated rings. The van der Waals surface area contributed by atoms with Gasteiger partial charge in [-0.2, -0.15) is 0 Å². The summed E-state index contributed by atoms with van der Waals surface area (Å²) in [7, 11) is 0. The predicted octanol–water partition coefficient (Wildman–Crippen LogP) is 5.88. The molecule has 0 unspecified atom stereocenters. The van der Waals surface area contributed by atoms with E-state index < -0.39 is 58.4 Å². The Morgan fingerprint density at radius 1 is 0.919 bits per heavy atom. The number of benzene rings is 3. The van der Waals surface area contributed by atoms with Gasteiger partial charge in [0.2, 0.25) is 5.91 Å². The Bertz CT molecular complexity index is 1530. The zero-order valence-electron chi connectivity index (χ0n) is 19.6. The molecule has 37 heavy (non-hydrogen) atoms. The van der Waals surface area contributed by atoms with Gasteiger partial charge in [-0.15, -0.1) is 0 Å². The summed E-state index contributed by atoms with van der Waals surface area (Å²) in [5, 5.41) is 2.96. The highest BCUT2D eigenvalue weighted by atomic mass is 19.2. The average Bonchev–Trinajstić information content (AvgIpc) is 3.30. The highest BCUT2D eigenvalue weighted by Gasteiger charge is 2.44. The van der Waals surface area contributed by atoms with Crippen molar-refractivity contribution < 1.29 is 36.0 Å². The number of hydrogen-bond acceptors (Lipinski definition) is 3. The van der Waals surface area contributed by atoms with Crippen molar-refractivity contribution in [3.8, 4) is 0 Å². The van der Waals surface area contributed by atoms with E-state index in [1.165, 1.54) is 18.2 Å². The lowest BCUT2D eigenvalue weighted by Crippen LogP contribution is -2.36. The molecule has 4 aromatic rings. The van der Waals surface area contributed by atoms with Crippen molar-refractivity contribution in [1.82, 2.24) is 5.32 Å². The molecule has 2 amide bonds. The number of furan rings is 1. The number of fused-ring (bicyclic) bond motifs is 2. The van der Waals surface area contributed by atoms with Gasteiger partial charge in [0.15, 0.2) is 11.6 Å². The molecule has 0 saturated carbocycles. The zero-order chi connectivity index (χ0) is 26.6. The Labute approximate surface area is 207 Å². The van der Waals surface area contributed by atoms with Gasteiger partial charge in [-0.3, -0.25) is 9.59 Å². The minimum Gasteiger partial charge on any atom is -0.459 e. The van der Waals surface area contributed by atoms with Crippen molar-refractivity contribution in [1.29, 1.82) is 0 Å². The maximum Gasteiger partial charge on any atom is 0.251 e. The van der Waals surface area contributed by atoms with Crippen LogP contribution in [0.1, 0.15) is 41.1 Å². The highest BCUT2D eigenvalue weighted by molar-refractivity contribution is 6.09. The topological polar surface area (TPSA) is 62.6 Å². The van der Waals surface area contributed by atoms with Crippen LogP contribution in [0.3, 0.4) is 0 Å². The van der Waals surface area contributed by atoms with Crippen LogP contribution in [0.4, 0.5) is 27.6 Å². The zero-order valence-corrected chi connectivity index (χ0v) is 19.6. The van der Waals surface area contributed by atoms with Crippen molar-refractivity contribution >= 4 is 28.5 Å². The van der Waals surface area contributed by atoms with Crippen LogP contribution in [-0.2, 0) is 23.3 Å². The van der Waals surface area contributed by atoms with Crippen molar-refractivity contribution in [3.05, 3.63) is 100 Å². The van der Waals surface area contributed by atoms with E-state index in [1.807, 2.05) is 0 Å². The van der Waals surface area contributed by atoms with Crippen LogP contribution in [0.15, 0.2) is 52.9 Å². The first-order chi connectivity index (χ1) is 17.5. The standard InChI is InChI=1S/C27H19F5N2O3/c1-27(2)18-4-3-13(25(35)33-11-16-5-14-6-21(31)22(32)10-24(14)37-16)7-23(18)34(26(27)36)12-17-19(29)8-15(28)9-20(17)30/h3-10H,11-12H2,1-2H3,(H,33,35). The van der Waals surface area contributed by atoms with Gasteiger partial charge in [0, 0.05) is 40.4 Å². The van der Waals surface area contributed by atoms with E-state index in [0.29, 0.717) is 28.8 Å². The average molecular weight is 514 g/mol. The molecular formula is C27H19F5N2O3. The van der Waals surface area contributed by atoms with Crippen molar-refractivity contribution in [2.75, 3.05) is 4.90 Å². The molecule has 0 spiro atoms. The second-order valence-electron chi connectivity index (χ2n) is 9.30. The molecule has 10 heteroatoms. The second-order valence-corrected chi connectivity index (χ2v) is 9.30. The summed E-state index contributed by atoms with van der Waals surface area (Å²) in [6.45, 7) is 2.72. The first kappa shape index (κ1) is 24.5. The van der Waals surface area contributed by atoms with Crippen LogP contribution < -0.4 is 10.2 Å². The number of carbonyl (C=O) groups excluding carboxylic acids is 2. The number of nitrogens with one attached hydrogen (secondary N) is 1. The smallest absolute Gasteiger partial charge is 0.251 e. The molecule has 0 saturated heterocycles. The Morgan fingerprint density at radius 2 is 1.59 bits per heavy atom. The summed E-state index contributed by atoms with van der Waals surface area (Å²) < 4.78 is 74.3. The summed E-state index contributed by atoms with van der Waals surface area (Å²) in [6, 6.07) is 8.97. The highest BCUT2D eigenvalue weighted by Crippen LogP contribution is 2.43.